The highest BCUT2D eigenvalue weighted by Gasteiger charge is 2.38. The normalized spacial score (nSPS) is 20.6. The number of hydrazine groups is 1. The SMILES string of the molecule is O=CN(O)C[C@@H](CC1CCCC1)C(=O)N1NCC[C@H]1C(=O)Cc1ccc(F)cc1. The van der Waals surface area contributed by atoms with Gasteiger partial charge < -0.3 is 0 Å². The zero-order valence-corrected chi connectivity index (χ0v) is 16.4. The quantitative estimate of drug-likeness (QED) is 0.373. The maximum atomic E-state index is 13.2. The Hall–Kier alpha value is -2.32. The van der Waals surface area contributed by atoms with Crippen LogP contribution in [0.15, 0.2) is 24.3 Å². The smallest absolute Gasteiger partial charge is 0.242 e. The van der Waals surface area contributed by atoms with Crippen LogP contribution in [0, 0.1) is 17.7 Å². The zero-order valence-electron chi connectivity index (χ0n) is 16.4. The molecule has 1 aromatic carbocycles. The van der Waals surface area contributed by atoms with E-state index >= 15 is 0 Å². The molecule has 0 bridgehead atoms. The molecule has 8 heteroatoms. The summed E-state index contributed by atoms with van der Waals surface area (Å²) < 4.78 is 13.1. The van der Waals surface area contributed by atoms with Gasteiger partial charge in [0.2, 0.25) is 12.3 Å². The molecule has 3 rings (SSSR count). The molecule has 1 saturated carbocycles. The summed E-state index contributed by atoms with van der Waals surface area (Å²) in [6, 6.07) is 5.15. The van der Waals surface area contributed by atoms with Crippen molar-refractivity contribution in [2.45, 2.75) is 51.0 Å². The van der Waals surface area contributed by atoms with Crippen LogP contribution in [0.3, 0.4) is 0 Å². The second kappa shape index (κ2) is 9.93. The largest absolute Gasteiger partial charge is 0.297 e. The lowest BCUT2D eigenvalue weighted by Crippen LogP contribution is -2.50. The minimum atomic E-state index is -0.609. The van der Waals surface area contributed by atoms with Gasteiger partial charge in [-0.05, 0) is 36.5 Å². The van der Waals surface area contributed by atoms with Crippen LogP contribution < -0.4 is 5.43 Å². The molecule has 2 atom stereocenters. The van der Waals surface area contributed by atoms with Gasteiger partial charge in [-0.15, -0.1) is 0 Å². The highest BCUT2D eigenvalue weighted by atomic mass is 19.1. The average molecular weight is 405 g/mol. The Balaban J connectivity index is 1.68. The van der Waals surface area contributed by atoms with Crippen LogP contribution >= 0.6 is 0 Å². The molecule has 0 radical (unpaired) electrons. The molecule has 1 heterocycles. The van der Waals surface area contributed by atoms with Crippen LogP contribution in [0.2, 0.25) is 0 Å². The predicted octanol–water partition coefficient (Wildman–Crippen LogP) is 2.09. The van der Waals surface area contributed by atoms with Crippen molar-refractivity contribution in [2.75, 3.05) is 13.1 Å². The summed E-state index contributed by atoms with van der Waals surface area (Å²) in [5, 5.41) is 11.5. The molecule has 0 aromatic heterocycles. The first-order valence-corrected chi connectivity index (χ1v) is 10.2. The van der Waals surface area contributed by atoms with Crippen LogP contribution in [0.1, 0.15) is 44.1 Å². The molecule has 1 aromatic rings. The van der Waals surface area contributed by atoms with Crippen molar-refractivity contribution in [1.29, 1.82) is 0 Å². The summed E-state index contributed by atoms with van der Waals surface area (Å²) in [6.45, 7) is 0.411. The number of carbonyl (C=O) groups is 3. The Morgan fingerprint density at radius 2 is 1.93 bits per heavy atom. The molecule has 1 saturated heterocycles. The molecule has 2 N–H and O–H groups in total. The van der Waals surface area contributed by atoms with Crippen molar-refractivity contribution in [3.05, 3.63) is 35.6 Å². The van der Waals surface area contributed by atoms with Crippen molar-refractivity contribution in [1.82, 2.24) is 15.5 Å². The molecule has 0 spiro atoms. The second-order valence-electron chi connectivity index (χ2n) is 8.00. The van der Waals surface area contributed by atoms with Gasteiger partial charge in [-0.25, -0.2) is 14.9 Å². The molecular weight excluding hydrogens is 377 g/mol. The maximum absolute atomic E-state index is 13.2. The zero-order chi connectivity index (χ0) is 20.8. The van der Waals surface area contributed by atoms with Crippen LogP contribution in [-0.4, -0.2) is 52.5 Å². The Morgan fingerprint density at radius 1 is 1.24 bits per heavy atom. The van der Waals surface area contributed by atoms with Crippen molar-refractivity contribution < 1.29 is 24.0 Å². The molecule has 2 aliphatic rings. The Morgan fingerprint density at radius 3 is 2.59 bits per heavy atom. The molecule has 29 heavy (non-hydrogen) atoms. The Kier molecular flexibility index (Phi) is 7.33. The number of benzene rings is 1. The lowest BCUT2D eigenvalue weighted by atomic mass is 9.91. The number of hydrogen-bond acceptors (Lipinski definition) is 5. The molecule has 1 aliphatic carbocycles. The molecule has 2 amide bonds. The number of Topliss-reactive ketones (excluding diaryl/α,β-unsaturated/α-hetero) is 1. The van der Waals surface area contributed by atoms with Gasteiger partial charge in [-0.1, -0.05) is 37.8 Å². The van der Waals surface area contributed by atoms with Crippen LogP contribution in [0.5, 0.6) is 0 Å². The lowest BCUT2D eigenvalue weighted by Gasteiger charge is -2.30. The van der Waals surface area contributed by atoms with Gasteiger partial charge in [0.1, 0.15) is 11.9 Å². The number of nitrogens with one attached hydrogen (secondary N) is 1. The number of amides is 2. The topological polar surface area (TPSA) is 90.0 Å². The standard InChI is InChI=1S/C21H28FN3O4/c22-18-7-5-16(6-8-18)12-20(27)19-9-10-23-25(19)21(28)17(13-24(29)14-26)11-15-3-1-2-4-15/h5-8,14-15,17,19,23,29H,1-4,9-13H2/t17-,19+/m1/s1. The summed E-state index contributed by atoms with van der Waals surface area (Å²) in [4.78, 5) is 36.9. The van der Waals surface area contributed by atoms with E-state index in [-0.39, 0.29) is 30.5 Å². The fraction of sp³-hybridized carbons (Fsp3) is 0.571. The Labute approximate surface area is 169 Å². The van der Waals surface area contributed by atoms with E-state index in [1.54, 1.807) is 12.1 Å². The minimum absolute atomic E-state index is 0.0874. The highest BCUT2D eigenvalue weighted by molar-refractivity contribution is 5.91. The highest BCUT2D eigenvalue weighted by Crippen LogP contribution is 2.31. The van der Waals surface area contributed by atoms with Gasteiger partial charge in [0.15, 0.2) is 5.78 Å². The van der Waals surface area contributed by atoms with E-state index in [1.807, 2.05) is 0 Å². The average Bonchev–Trinajstić information content (AvgIpc) is 3.40. The summed E-state index contributed by atoms with van der Waals surface area (Å²) >= 11 is 0. The number of halogens is 1. The summed E-state index contributed by atoms with van der Waals surface area (Å²) in [7, 11) is 0. The molecule has 1 aliphatic heterocycles. The third kappa shape index (κ3) is 5.61. The van der Waals surface area contributed by atoms with E-state index in [2.05, 4.69) is 5.43 Å². The maximum Gasteiger partial charge on any atom is 0.242 e. The van der Waals surface area contributed by atoms with Crippen molar-refractivity contribution >= 4 is 18.1 Å². The third-order valence-corrected chi connectivity index (χ3v) is 5.88. The van der Waals surface area contributed by atoms with Crippen LogP contribution in [0.4, 0.5) is 4.39 Å². The fourth-order valence-corrected chi connectivity index (χ4v) is 4.39. The molecule has 158 valence electrons. The third-order valence-electron chi connectivity index (χ3n) is 5.88. The van der Waals surface area contributed by atoms with Gasteiger partial charge in [0, 0.05) is 13.0 Å². The first kappa shape index (κ1) is 21.4. The fourth-order valence-electron chi connectivity index (χ4n) is 4.39. The number of hydroxylamine groups is 2. The van der Waals surface area contributed by atoms with E-state index in [1.165, 1.54) is 17.1 Å². The van der Waals surface area contributed by atoms with Crippen molar-refractivity contribution in [3.63, 3.8) is 0 Å². The Bertz CT molecular complexity index is 721. The van der Waals surface area contributed by atoms with Gasteiger partial charge in [0.25, 0.3) is 0 Å². The predicted molar refractivity (Wildman–Crippen MR) is 103 cm³/mol. The van der Waals surface area contributed by atoms with Crippen molar-refractivity contribution in [3.8, 4) is 0 Å². The molecule has 7 nitrogen and oxygen atoms in total. The molecule has 0 unspecified atom stereocenters. The summed E-state index contributed by atoms with van der Waals surface area (Å²) in [6.07, 6.45) is 5.83. The first-order chi connectivity index (χ1) is 14.0. The number of hydrogen-bond donors (Lipinski definition) is 2. The van der Waals surface area contributed by atoms with E-state index in [0.717, 1.165) is 25.7 Å². The van der Waals surface area contributed by atoms with Crippen LogP contribution in [0.25, 0.3) is 0 Å². The number of carbonyl (C=O) groups excluding carboxylic acids is 3. The van der Waals surface area contributed by atoms with Gasteiger partial charge in [-0.3, -0.25) is 24.6 Å². The number of nitrogens with zero attached hydrogens (tertiary/aromatic N) is 2. The summed E-state index contributed by atoms with van der Waals surface area (Å²) in [5.74, 6) is -0.933. The van der Waals surface area contributed by atoms with Crippen molar-refractivity contribution in [2.24, 2.45) is 11.8 Å². The number of ketones is 1. The summed E-state index contributed by atoms with van der Waals surface area (Å²) in [5.41, 5.74) is 3.69. The van der Waals surface area contributed by atoms with Gasteiger partial charge >= 0.3 is 0 Å². The van der Waals surface area contributed by atoms with Gasteiger partial charge in [0.05, 0.1) is 12.5 Å². The lowest BCUT2D eigenvalue weighted by molar-refractivity contribution is -0.159. The first-order valence-electron chi connectivity index (χ1n) is 10.2. The van der Waals surface area contributed by atoms with Gasteiger partial charge in [-0.2, -0.15) is 0 Å². The van der Waals surface area contributed by atoms with E-state index in [4.69, 9.17) is 0 Å². The monoisotopic (exact) mass is 405 g/mol. The van der Waals surface area contributed by atoms with E-state index in [9.17, 15) is 24.0 Å². The molecular formula is C21H28FN3O4. The van der Waals surface area contributed by atoms with Crippen LogP contribution in [-0.2, 0) is 20.8 Å². The van der Waals surface area contributed by atoms with E-state index in [0.29, 0.717) is 42.3 Å². The second-order valence-corrected chi connectivity index (χ2v) is 8.00. The minimum Gasteiger partial charge on any atom is -0.297 e. The number of rotatable bonds is 9. The van der Waals surface area contributed by atoms with E-state index < -0.39 is 12.0 Å². The molecule has 2 fully saturated rings.